The zero-order chi connectivity index (χ0) is 14.6. The highest BCUT2D eigenvalue weighted by Gasteiger charge is 2.28. The van der Waals surface area contributed by atoms with Crippen LogP contribution in [0, 0.1) is 18.3 Å². The van der Waals surface area contributed by atoms with Crippen molar-refractivity contribution in [1.82, 2.24) is 4.31 Å². The topological polar surface area (TPSA) is 61.2 Å². The molecule has 5 heteroatoms. The first-order valence-corrected chi connectivity index (χ1v) is 7.85. The Bertz CT molecular complexity index is 588. The van der Waals surface area contributed by atoms with Crippen molar-refractivity contribution in [2.75, 3.05) is 6.54 Å². The largest absolute Gasteiger partial charge is 0.243 e. The highest BCUT2D eigenvalue weighted by atomic mass is 32.2. The van der Waals surface area contributed by atoms with E-state index >= 15 is 0 Å². The summed E-state index contributed by atoms with van der Waals surface area (Å²) in [6, 6.07) is 6.69. The number of rotatable bonds is 5. The first kappa shape index (κ1) is 15.7. The standard InChI is InChI=1S/C14H20N2O2S/c1-5-12(4)16(6-2)19(17,18)14-9-13(10-15)8-7-11(14)3/h7-9,12H,5-6H2,1-4H3. The van der Waals surface area contributed by atoms with Gasteiger partial charge in [-0.05, 0) is 38.0 Å². The van der Waals surface area contributed by atoms with Crippen LogP contribution in [0.1, 0.15) is 38.3 Å². The Morgan fingerprint density at radius 2 is 2.00 bits per heavy atom. The predicted molar refractivity (Wildman–Crippen MR) is 75.2 cm³/mol. The molecule has 0 radical (unpaired) electrons. The molecule has 1 aromatic rings. The molecule has 0 amide bonds. The molecule has 0 aliphatic rings. The monoisotopic (exact) mass is 280 g/mol. The van der Waals surface area contributed by atoms with E-state index in [1.54, 1.807) is 19.1 Å². The number of sulfonamides is 1. The minimum atomic E-state index is -3.54. The Morgan fingerprint density at radius 1 is 1.37 bits per heavy atom. The Morgan fingerprint density at radius 3 is 2.47 bits per heavy atom. The summed E-state index contributed by atoms with van der Waals surface area (Å²) in [5, 5.41) is 8.91. The first-order valence-electron chi connectivity index (χ1n) is 6.41. The average Bonchev–Trinajstić information content (AvgIpc) is 2.39. The van der Waals surface area contributed by atoms with Gasteiger partial charge in [-0.1, -0.05) is 19.9 Å². The van der Waals surface area contributed by atoms with Gasteiger partial charge in [0.1, 0.15) is 0 Å². The van der Waals surface area contributed by atoms with Crippen LogP contribution in [0.2, 0.25) is 0 Å². The number of nitriles is 1. The van der Waals surface area contributed by atoms with Crippen molar-refractivity contribution < 1.29 is 8.42 Å². The maximum absolute atomic E-state index is 12.7. The fraction of sp³-hybridized carbons (Fsp3) is 0.500. The van der Waals surface area contributed by atoms with Crippen LogP contribution < -0.4 is 0 Å². The van der Waals surface area contributed by atoms with E-state index in [0.717, 1.165) is 6.42 Å². The summed E-state index contributed by atoms with van der Waals surface area (Å²) < 4.78 is 26.8. The van der Waals surface area contributed by atoms with Gasteiger partial charge in [0.15, 0.2) is 0 Å². The Labute approximate surface area is 115 Å². The van der Waals surface area contributed by atoms with Crippen molar-refractivity contribution in [1.29, 1.82) is 5.26 Å². The second kappa shape index (κ2) is 6.18. The van der Waals surface area contributed by atoms with E-state index in [0.29, 0.717) is 17.7 Å². The second-order valence-electron chi connectivity index (χ2n) is 4.56. The highest BCUT2D eigenvalue weighted by Crippen LogP contribution is 2.23. The molecule has 0 aliphatic carbocycles. The van der Waals surface area contributed by atoms with Crippen molar-refractivity contribution in [3.8, 4) is 6.07 Å². The Balaban J connectivity index is 3.38. The first-order chi connectivity index (χ1) is 8.88. The van der Waals surface area contributed by atoms with Gasteiger partial charge < -0.3 is 0 Å². The maximum Gasteiger partial charge on any atom is 0.243 e. The summed E-state index contributed by atoms with van der Waals surface area (Å²) in [6.45, 7) is 7.85. The molecule has 0 N–H and O–H groups in total. The molecule has 1 unspecified atom stereocenters. The summed E-state index contributed by atoms with van der Waals surface area (Å²) in [4.78, 5) is 0.230. The molecule has 104 valence electrons. The molecule has 19 heavy (non-hydrogen) atoms. The number of hydrogen-bond acceptors (Lipinski definition) is 3. The lowest BCUT2D eigenvalue weighted by molar-refractivity contribution is 0.342. The molecular formula is C14H20N2O2S. The van der Waals surface area contributed by atoms with Gasteiger partial charge in [-0.15, -0.1) is 0 Å². The molecule has 0 spiro atoms. The molecule has 1 atom stereocenters. The fourth-order valence-corrected chi connectivity index (χ4v) is 3.96. The van der Waals surface area contributed by atoms with E-state index in [1.165, 1.54) is 10.4 Å². The van der Waals surface area contributed by atoms with E-state index in [9.17, 15) is 8.42 Å². The van der Waals surface area contributed by atoms with Crippen LogP contribution in [-0.2, 0) is 10.0 Å². The molecule has 0 saturated heterocycles. The zero-order valence-electron chi connectivity index (χ0n) is 11.8. The normalized spacial score (nSPS) is 13.3. The number of benzene rings is 1. The fourth-order valence-electron chi connectivity index (χ4n) is 2.00. The van der Waals surface area contributed by atoms with Gasteiger partial charge in [0.2, 0.25) is 10.0 Å². The number of nitrogens with zero attached hydrogens (tertiary/aromatic N) is 2. The van der Waals surface area contributed by atoms with E-state index in [4.69, 9.17) is 5.26 Å². The van der Waals surface area contributed by atoms with Gasteiger partial charge in [-0.3, -0.25) is 0 Å². The SMILES string of the molecule is CCC(C)N(CC)S(=O)(=O)c1cc(C#N)ccc1C. The lowest BCUT2D eigenvalue weighted by atomic mass is 10.2. The summed E-state index contributed by atoms with van der Waals surface area (Å²) in [6.07, 6.45) is 0.754. The van der Waals surface area contributed by atoms with Gasteiger partial charge >= 0.3 is 0 Å². The minimum Gasteiger partial charge on any atom is -0.207 e. The van der Waals surface area contributed by atoms with Crippen LogP contribution in [0.4, 0.5) is 0 Å². The third-order valence-electron chi connectivity index (χ3n) is 3.30. The van der Waals surface area contributed by atoms with E-state index < -0.39 is 10.0 Å². The van der Waals surface area contributed by atoms with Gasteiger partial charge in [-0.25, -0.2) is 8.42 Å². The maximum atomic E-state index is 12.7. The van der Waals surface area contributed by atoms with Crippen molar-refractivity contribution in [2.24, 2.45) is 0 Å². The summed E-state index contributed by atoms with van der Waals surface area (Å²) in [7, 11) is -3.54. The average molecular weight is 280 g/mol. The van der Waals surface area contributed by atoms with Crippen LogP contribution in [0.15, 0.2) is 23.1 Å². The molecule has 0 saturated carbocycles. The summed E-state index contributed by atoms with van der Waals surface area (Å²) >= 11 is 0. The minimum absolute atomic E-state index is 0.0554. The quantitative estimate of drug-likeness (QED) is 0.833. The van der Waals surface area contributed by atoms with Gasteiger partial charge in [0.25, 0.3) is 0 Å². The predicted octanol–water partition coefficient (Wildman–Crippen LogP) is 2.68. The molecule has 0 heterocycles. The van der Waals surface area contributed by atoms with Crippen molar-refractivity contribution in [3.63, 3.8) is 0 Å². The summed E-state index contributed by atoms with van der Waals surface area (Å²) in [5.41, 5.74) is 1.03. The smallest absolute Gasteiger partial charge is 0.207 e. The molecule has 1 rings (SSSR count). The molecule has 4 nitrogen and oxygen atoms in total. The van der Waals surface area contributed by atoms with Crippen LogP contribution in [0.25, 0.3) is 0 Å². The summed E-state index contributed by atoms with van der Waals surface area (Å²) in [5.74, 6) is 0. The van der Waals surface area contributed by atoms with Crippen LogP contribution >= 0.6 is 0 Å². The van der Waals surface area contributed by atoms with Gasteiger partial charge in [0, 0.05) is 12.6 Å². The molecule has 0 aliphatic heterocycles. The molecule has 1 aromatic carbocycles. The Kier molecular flexibility index (Phi) is 5.10. The van der Waals surface area contributed by atoms with Gasteiger partial charge in [-0.2, -0.15) is 9.57 Å². The van der Waals surface area contributed by atoms with Crippen LogP contribution in [0.3, 0.4) is 0 Å². The lowest BCUT2D eigenvalue weighted by Gasteiger charge is -2.27. The van der Waals surface area contributed by atoms with Crippen LogP contribution in [-0.4, -0.2) is 25.3 Å². The number of hydrogen-bond donors (Lipinski definition) is 0. The molecule has 0 aromatic heterocycles. The van der Waals surface area contributed by atoms with E-state index in [1.807, 2.05) is 26.8 Å². The molecule has 0 fully saturated rings. The second-order valence-corrected chi connectivity index (χ2v) is 6.42. The lowest BCUT2D eigenvalue weighted by Crippen LogP contribution is -2.38. The zero-order valence-corrected chi connectivity index (χ0v) is 12.7. The molecule has 0 bridgehead atoms. The number of aryl methyl sites for hydroxylation is 1. The van der Waals surface area contributed by atoms with Crippen molar-refractivity contribution in [3.05, 3.63) is 29.3 Å². The highest BCUT2D eigenvalue weighted by molar-refractivity contribution is 7.89. The van der Waals surface area contributed by atoms with Gasteiger partial charge in [0.05, 0.1) is 16.5 Å². The van der Waals surface area contributed by atoms with Crippen molar-refractivity contribution >= 4 is 10.0 Å². The molecular weight excluding hydrogens is 260 g/mol. The third kappa shape index (κ3) is 3.14. The Hall–Kier alpha value is -1.38. The van der Waals surface area contributed by atoms with Crippen molar-refractivity contribution in [2.45, 2.75) is 45.1 Å². The van der Waals surface area contributed by atoms with E-state index in [2.05, 4.69) is 0 Å². The van der Waals surface area contributed by atoms with E-state index in [-0.39, 0.29) is 10.9 Å². The van der Waals surface area contributed by atoms with Crippen LogP contribution in [0.5, 0.6) is 0 Å². The third-order valence-corrected chi connectivity index (χ3v) is 5.53.